The number of pyridine rings is 1. The van der Waals surface area contributed by atoms with Crippen LogP contribution in [-0.4, -0.2) is 23.0 Å². The molecule has 0 bridgehead atoms. The second-order valence-corrected chi connectivity index (χ2v) is 9.70. The van der Waals surface area contributed by atoms with Crippen molar-refractivity contribution in [2.75, 3.05) is 4.72 Å². The number of aryl methyl sites for hydroxylation is 1. The zero-order chi connectivity index (χ0) is 24.6. The Morgan fingerprint density at radius 2 is 1.80 bits per heavy atom. The molecule has 3 aromatic carbocycles. The molecule has 1 N–H and O–H groups in total. The number of rotatable bonds is 5. The van der Waals surface area contributed by atoms with Crippen molar-refractivity contribution in [3.8, 4) is 6.07 Å². The fourth-order valence-electron chi connectivity index (χ4n) is 3.97. The maximum atomic E-state index is 13.2. The van der Waals surface area contributed by atoms with Crippen LogP contribution >= 0.6 is 0 Å². The second-order valence-electron chi connectivity index (χ2n) is 8.05. The van der Waals surface area contributed by atoms with Gasteiger partial charge in [-0.05, 0) is 48.0 Å². The molecule has 172 valence electrons. The van der Waals surface area contributed by atoms with Crippen molar-refractivity contribution in [1.29, 1.82) is 5.26 Å². The molecule has 0 fully saturated rings. The maximum absolute atomic E-state index is 13.2. The van der Waals surface area contributed by atoms with Crippen LogP contribution in [0.5, 0.6) is 0 Å². The molecule has 35 heavy (non-hydrogen) atoms. The van der Waals surface area contributed by atoms with E-state index in [0.717, 1.165) is 10.9 Å². The molecule has 0 aliphatic heterocycles. The number of nitriles is 1. The Morgan fingerprint density at radius 1 is 1.03 bits per heavy atom. The summed E-state index contributed by atoms with van der Waals surface area (Å²) in [5.41, 5.74) is 3.22. The van der Waals surface area contributed by atoms with E-state index in [4.69, 9.17) is 5.26 Å². The van der Waals surface area contributed by atoms with Gasteiger partial charge in [0.2, 0.25) is 0 Å². The molecule has 0 amide bonds. The van der Waals surface area contributed by atoms with Gasteiger partial charge in [0, 0.05) is 25.1 Å². The lowest BCUT2D eigenvalue weighted by Crippen LogP contribution is -2.23. The number of benzene rings is 3. The van der Waals surface area contributed by atoms with Gasteiger partial charge in [-0.15, -0.1) is 0 Å². The summed E-state index contributed by atoms with van der Waals surface area (Å²) in [6.45, 7) is 0. The van der Waals surface area contributed by atoms with E-state index in [0.29, 0.717) is 33.5 Å². The van der Waals surface area contributed by atoms with Gasteiger partial charge in [0.15, 0.2) is 0 Å². The van der Waals surface area contributed by atoms with Gasteiger partial charge in [-0.25, -0.2) is 13.4 Å². The Hall–Kier alpha value is -4.55. The molecule has 2 heterocycles. The van der Waals surface area contributed by atoms with Crippen molar-refractivity contribution < 1.29 is 8.42 Å². The SMILES string of the molecule is Cn1c(=O)c(Cc2ccc(C#N)cc2)nc2cc(NS(=O)(=O)c3cccc4cccnc34)ccc21. The quantitative estimate of drug-likeness (QED) is 0.409. The molecular weight excluding hydrogens is 462 g/mol. The minimum absolute atomic E-state index is 0.0747. The van der Waals surface area contributed by atoms with Gasteiger partial charge in [-0.2, -0.15) is 5.26 Å². The fraction of sp³-hybridized carbons (Fsp3) is 0.0769. The van der Waals surface area contributed by atoms with E-state index < -0.39 is 10.0 Å². The van der Waals surface area contributed by atoms with E-state index in [1.165, 1.54) is 10.6 Å². The van der Waals surface area contributed by atoms with Gasteiger partial charge in [-0.3, -0.25) is 14.5 Å². The Kier molecular flexibility index (Phi) is 5.51. The smallest absolute Gasteiger partial charge is 0.272 e. The molecule has 0 unspecified atom stereocenters. The third-order valence-corrected chi connectivity index (χ3v) is 7.15. The molecule has 0 radical (unpaired) electrons. The number of aromatic nitrogens is 3. The number of nitrogens with one attached hydrogen (secondary N) is 1. The number of fused-ring (bicyclic) bond motifs is 2. The maximum Gasteiger partial charge on any atom is 0.272 e. The van der Waals surface area contributed by atoms with Crippen LogP contribution in [0.1, 0.15) is 16.8 Å². The first-order chi connectivity index (χ1) is 16.9. The average Bonchev–Trinajstić information content (AvgIpc) is 2.87. The Labute approximate surface area is 201 Å². The van der Waals surface area contributed by atoms with Gasteiger partial charge in [0.25, 0.3) is 15.6 Å². The highest BCUT2D eigenvalue weighted by molar-refractivity contribution is 7.93. The van der Waals surface area contributed by atoms with E-state index in [2.05, 4.69) is 20.8 Å². The number of anilines is 1. The number of hydrogen-bond acceptors (Lipinski definition) is 6. The van der Waals surface area contributed by atoms with Gasteiger partial charge in [0.1, 0.15) is 10.6 Å². The van der Waals surface area contributed by atoms with Gasteiger partial charge in [-0.1, -0.05) is 30.3 Å². The lowest BCUT2D eigenvalue weighted by Gasteiger charge is -2.12. The molecule has 5 rings (SSSR count). The van der Waals surface area contributed by atoms with Crippen LogP contribution in [-0.2, 0) is 23.5 Å². The largest absolute Gasteiger partial charge is 0.308 e. The summed E-state index contributed by atoms with van der Waals surface area (Å²) in [5, 5.41) is 9.70. The summed E-state index contributed by atoms with van der Waals surface area (Å²) in [5.74, 6) is 0. The summed E-state index contributed by atoms with van der Waals surface area (Å²) < 4.78 is 30.5. The molecule has 5 aromatic rings. The Morgan fingerprint density at radius 3 is 2.57 bits per heavy atom. The van der Waals surface area contributed by atoms with Crippen molar-refractivity contribution in [3.05, 3.63) is 106 Å². The molecule has 9 heteroatoms. The minimum atomic E-state index is -3.93. The molecule has 0 atom stereocenters. The monoisotopic (exact) mass is 481 g/mol. The Bertz CT molecular complexity index is 1800. The second kappa shape index (κ2) is 8.66. The van der Waals surface area contributed by atoms with Crippen LogP contribution in [0.15, 0.2) is 88.7 Å². The van der Waals surface area contributed by atoms with Gasteiger partial charge >= 0.3 is 0 Å². The lowest BCUT2D eigenvalue weighted by atomic mass is 10.1. The molecule has 2 aromatic heterocycles. The number of sulfonamides is 1. The predicted octanol–water partition coefficient (Wildman–Crippen LogP) is 3.74. The fourth-order valence-corrected chi connectivity index (χ4v) is 5.20. The minimum Gasteiger partial charge on any atom is -0.308 e. The highest BCUT2D eigenvalue weighted by atomic mass is 32.2. The Balaban J connectivity index is 1.52. The number of hydrogen-bond donors (Lipinski definition) is 1. The topological polar surface area (TPSA) is 118 Å². The number of nitrogens with zero attached hydrogens (tertiary/aromatic N) is 4. The average molecular weight is 482 g/mol. The summed E-state index contributed by atoms with van der Waals surface area (Å²) in [4.78, 5) is 21.7. The van der Waals surface area contributed by atoms with Gasteiger partial charge in [0.05, 0.1) is 33.9 Å². The van der Waals surface area contributed by atoms with Crippen LogP contribution < -0.4 is 10.3 Å². The van der Waals surface area contributed by atoms with Crippen LogP contribution in [0.2, 0.25) is 0 Å². The first-order valence-corrected chi connectivity index (χ1v) is 12.2. The lowest BCUT2D eigenvalue weighted by molar-refractivity contribution is 0.602. The van der Waals surface area contributed by atoms with E-state index in [-0.39, 0.29) is 16.9 Å². The first-order valence-electron chi connectivity index (χ1n) is 10.7. The summed E-state index contributed by atoms with van der Waals surface area (Å²) in [6, 6.07) is 22.4. The standard InChI is InChI=1S/C26H19N5O3S/c1-31-23-12-11-20(30-35(33,34)24-6-2-4-19-5-3-13-28-25(19)24)15-21(23)29-22(26(31)32)14-17-7-9-18(16-27)10-8-17/h2-13,15,30H,14H2,1H3. The van der Waals surface area contributed by atoms with E-state index in [1.807, 2.05) is 0 Å². The van der Waals surface area contributed by atoms with Crippen molar-refractivity contribution in [2.45, 2.75) is 11.3 Å². The highest BCUT2D eigenvalue weighted by Crippen LogP contribution is 2.25. The van der Waals surface area contributed by atoms with Crippen molar-refractivity contribution >= 4 is 37.6 Å². The first kappa shape index (κ1) is 22.3. The van der Waals surface area contributed by atoms with Crippen molar-refractivity contribution in [2.24, 2.45) is 7.05 Å². The normalized spacial score (nSPS) is 11.4. The van der Waals surface area contributed by atoms with Crippen LogP contribution in [0, 0.1) is 11.3 Å². The van der Waals surface area contributed by atoms with E-state index in [9.17, 15) is 13.2 Å². The molecule has 0 spiro atoms. The summed E-state index contributed by atoms with van der Waals surface area (Å²) >= 11 is 0. The van der Waals surface area contributed by atoms with Crippen LogP contribution in [0.3, 0.4) is 0 Å². The van der Waals surface area contributed by atoms with Crippen LogP contribution in [0.25, 0.3) is 21.9 Å². The summed E-state index contributed by atoms with van der Waals surface area (Å²) in [7, 11) is -2.27. The third-order valence-electron chi connectivity index (χ3n) is 5.74. The molecule has 0 aliphatic rings. The van der Waals surface area contributed by atoms with E-state index >= 15 is 0 Å². The molecule has 8 nitrogen and oxygen atoms in total. The zero-order valence-corrected chi connectivity index (χ0v) is 19.5. The molecule has 0 aliphatic carbocycles. The highest BCUT2D eigenvalue weighted by Gasteiger charge is 2.19. The predicted molar refractivity (Wildman–Crippen MR) is 133 cm³/mol. The zero-order valence-electron chi connectivity index (χ0n) is 18.6. The van der Waals surface area contributed by atoms with E-state index in [1.54, 1.807) is 80.0 Å². The van der Waals surface area contributed by atoms with Crippen molar-refractivity contribution in [3.63, 3.8) is 0 Å². The van der Waals surface area contributed by atoms with Crippen molar-refractivity contribution in [1.82, 2.24) is 14.5 Å². The molecular formula is C26H19N5O3S. The number of para-hydroxylation sites is 1. The van der Waals surface area contributed by atoms with Crippen LogP contribution in [0.4, 0.5) is 5.69 Å². The molecule has 0 saturated heterocycles. The van der Waals surface area contributed by atoms with Gasteiger partial charge < -0.3 is 4.57 Å². The molecule has 0 saturated carbocycles. The summed E-state index contributed by atoms with van der Waals surface area (Å²) in [6.07, 6.45) is 1.84. The third kappa shape index (κ3) is 4.23.